The predicted molar refractivity (Wildman–Crippen MR) is 94.7 cm³/mol. The van der Waals surface area contributed by atoms with Crippen molar-refractivity contribution < 1.29 is 9.32 Å². The van der Waals surface area contributed by atoms with Crippen LogP contribution in [0.1, 0.15) is 37.0 Å². The van der Waals surface area contributed by atoms with E-state index in [4.69, 9.17) is 4.52 Å². The highest BCUT2D eigenvalue weighted by atomic mass is 32.2. The maximum absolute atomic E-state index is 12.0. The summed E-state index contributed by atoms with van der Waals surface area (Å²) in [5, 5.41) is 6.89. The third-order valence-corrected chi connectivity index (χ3v) is 5.69. The molecule has 24 heavy (non-hydrogen) atoms. The van der Waals surface area contributed by atoms with Crippen LogP contribution in [0, 0.1) is 18.3 Å². The Labute approximate surface area is 146 Å². The maximum atomic E-state index is 12.0. The number of rotatable bonds is 7. The minimum atomic E-state index is 0.0646. The van der Waals surface area contributed by atoms with Crippen molar-refractivity contribution >= 4 is 17.7 Å². The summed E-state index contributed by atoms with van der Waals surface area (Å²) in [5.74, 6) is 3.27. The van der Waals surface area contributed by atoms with Gasteiger partial charge in [-0.1, -0.05) is 49.3 Å². The third kappa shape index (κ3) is 3.80. The highest BCUT2D eigenvalue weighted by molar-refractivity contribution is 7.99. The number of nitrogens with zero attached hydrogens (tertiary/aromatic N) is 2. The molecule has 0 unspecified atom stereocenters. The second-order valence-corrected chi connectivity index (χ2v) is 7.83. The van der Waals surface area contributed by atoms with Crippen LogP contribution in [0.2, 0.25) is 0 Å². The Morgan fingerprint density at radius 3 is 2.75 bits per heavy atom. The van der Waals surface area contributed by atoms with Gasteiger partial charge >= 0.3 is 0 Å². The average molecular weight is 345 g/mol. The van der Waals surface area contributed by atoms with E-state index in [1.165, 1.54) is 17.3 Å². The molecular weight excluding hydrogens is 322 g/mol. The van der Waals surface area contributed by atoms with Crippen molar-refractivity contribution in [3.63, 3.8) is 0 Å². The maximum Gasteiger partial charge on any atom is 0.230 e. The zero-order chi connectivity index (χ0) is 17.2. The number of benzene rings is 1. The van der Waals surface area contributed by atoms with Gasteiger partial charge in [-0.3, -0.25) is 4.79 Å². The van der Waals surface area contributed by atoms with Gasteiger partial charge in [-0.05, 0) is 22.8 Å². The van der Waals surface area contributed by atoms with E-state index >= 15 is 0 Å². The van der Waals surface area contributed by atoms with Crippen LogP contribution in [-0.4, -0.2) is 28.3 Å². The highest BCUT2D eigenvalue weighted by Crippen LogP contribution is 2.63. The highest BCUT2D eigenvalue weighted by Gasteiger charge is 2.57. The van der Waals surface area contributed by atoms with E-state index < -0.39 is 0 Å². The van der Waals surface area contributed by atoms with Gasteiger partial charge in [0.2, 0.25) is 11.8 Å². The van der Waals surface area contributed by atoms with Gasteiger partial charge in [-0.25, -0.2) is 0 Å². The summed E-state index contributed by atoms with van der Waals surface area (Å²) in [7, 11) is 0. The largest absolute Gasteiger partial charge is 0.355 e. The lowest BCUT2D eigenvalue weighted by Gasteiger charge is -2.05. The Hall–Kier alpha value is -1.82. The van der Waals surface area contributed by atoms with Crippen LogP contribution in [0.25, 0.3) is 0 Å². The van der Waals surface area contributed by atoms with Crippen molar-refractivity contribution in [2.24, 2.45) is 11.3 Å². The predicted octanol–water partition coefficient (Wildman–Crippen LogP) is 3.17. The van der Waals surface area contributed by atoms with Gasteiger partial charge in [0.25, 0.3) is 0 Å². The van der Waals surface area contributed by atoms with Gasteiger partial charge in [0.1, 0.15) is 0 Å². The number of carbonyl (C=O) groups excluding carboxylic acids is 1. The molecule has 0 aliphatic heterocycles. The molecule has 5 nitrogen and oxygen atoms in total. The Kier molecular flexibility index (Phi) is 4.94. The summed E-state index contributed by atoms with van der Waals surface area (Å²) in [4.78, 5) is 16.2. The van der Waals surface area contributed by atoms with Crippen molar-refractivity contribution in [1.29, 1.82) is 0 Å². The van der Waals surface area contributed by atoms with E-state index in [1.807, 2.05) is 6.07 Å². The zero-order valence-electron chi connectivity index (χ0n) is 14.3. The van der Waals surface area contributed by atoms with Gasteiger partial charge in [0.05, 0.1) is 11.5 Å². The van der Waals surface area contributed by atoms with Crippen LogP contribution < -0.4 is 5.32 Å². The molecule has 0 bridgehead atoms. The quantitative estimate of drug-likeness (QED) is 0.835. The van der Waals surface area contributed by atoms with Crippen LogP contribution >= 0.6 is 11.8 Å². The SMILES string of the molecule is Cc1nc(CSCC(=O)NC[C@H]2[C@H](c3ccccc3)C2(C)C)no1. The third-order valence-electron chi connectivity index (χ3n) is 4.76. The van der Waals surface area contributed by atoms with Gasteiger partial charge in [0.15, 0.2) is 5.82 Å². The fraction of sp³-hybridized carbons (Fsp3) is 0.500. The van der Waals surface area contributed by atoms with Crippen LogP contribution in [0.3, 0.4) is 0 Å². The standard InChI is InChI=1S/C18H23N3O2S/c1-12-20-15(21-23-12)10-24-11-16(22)19-9-14-17(18(14,2)3)13-7-5-4-6-8-13/h4-8,14,17H,9-11H2,1-3H3,(H,19,22)/t14-,17-/m0/s1. The molecule has 1 fully saturated rings. The Bertz CT molecular complexity index is 699. The summed E-state index contributed by atoms with van der Waals surface area (Å²) in [6, 6.07) is 10.6. The summed E-state index contributed by atoms with van der Waals surface area (Å²) in [6.07, 6.45) is 0. The first-order chi connectivity index (χ1) is 11.5. The Balaban J connectivity index is 1.41. The molecule has 0 radical (unpaired) electrons. The normalized spacial score (nSPS) is 21.5. The summed E-state index contributed by atoms with van der Waals surface area (Å²) >= 11 is 1.50. The molecule has 1 aromatic carbocycles. The van der Waals surface area contributed by atoms with Crippen LogP contribution in [0.5, 0.6) is 0 Å². The zero-order valence-corrected chi connectivity index (χ0v) is 15.1. The second kappa shape index (κ2) is 6.97. The van der Waals surface area contributed by atoms with E-state index in [1.54, 1.807) is 6.92 Å². The number of carbonyl (C=O) groups is 1. The number of nitrogens with one attached hydrogen (secondary N) is 1. The fourth-order valence-electron chi connectivity index (χ4n) is 3.36. The number of hydrogen-bond acceptors (Lipinski definition) is 5. The van der Waals surface area contributed by atoms with Crippen molar-refractivity contribution in [2.45, 2.75) is 32.4 Å². The Morgan fingerprint density at radius 2 is 2.08 bits per heavy atom. The summed E-state index contributed by atoms with van der Waals surface area (Å²) < 4.78 is 4.91. The number of aromatic nitrogens is 2. The number of thioether (sulfide) groups is 1. The van der Waals surface area contributed by atoms with E-state index in [0.29, 0.717) is 35.1 Å². The molecule has 0 saturated heterocycles. The van der Waals surface area contributed by atoms with E-state index in [-0.39, 0.29) is 11.3 Å². The summed E-state index contributed by atoms with van der Waals surface area (Å²) in [5.41, 5.74) is 1.60. The lowest BCUT2D eigenvalue weighted by molar-refractivity contribution is -0.118. The first-order valence-electron chi connectivity index (χ1n) is 8.17. The minimum absolute atomic E-state index is 0.0646. The molecule has 1 heterocycles. The van der Waals surface area contributed by atoms with Crippen molar-refractivity contribution in [2.75, 3.05) is 12.3 Å². The topological polar surface area (TPSA) is 68.0 Å². The molecular formula is C18H23N3O2S. The molecule has 1 aromatic heterocycles. The molecule has 2 atom stereocenters. The fourth-order valence-corrected chi connectivity index (χ4v) is 4.05. The lowest BCUT2D eigenvalue weighted by atomic mass is 10.0. The first kappa shape index (κ1) is 17.0. The van der Waals surface area contributed by atoms with Crippen LogP contribution in [0.4, 0.5) is 0 Å². The van der Waals surface area contributed by atoms with E-state index in [9.17, 15) is 4.79 Å². The molecule has 1 aliphatic rings. The first-order valence-corrected chi connectivity index (χ1v) is 9.32. The minimum Gasteiger partial charge on any atom is -0.355 e. The lowest BCUT2D eigenvalue weighted by Crippen LogP contribution is -2.28. The van der Waals surface area contributed by atoms with Crippen molar-refractivity contribution in [1.82, 2.24) is 15.5 Å². The molecule has 6 heteroatoms. The van der Waals surface area contributed by atoms with Crippen LogP contribution in [-0.2, 0) is 10.5 Å². The second-order valence-electron chi connectivity index (χ2n) is 6.84. The molecule has 3 rings (SSSR count). The van der Waals surface area contributed by atoms with E-state index in [2.05, 4.69) is 53.6 Å². The van der Waals surface area contributed by atoms with Crippen molar-refractivity contribution in [3.05, 3.63) is 47.6 Å². The van der Waals surface area contributed by atoms with E-state index in [0.717, 1.165) is 6.54 Å². The van der Waals surface area contributed by atoms with Gasteiger partial charge in [0, 0.05) is 13.5 Å². The molecule has 1 amide bonds. The summed E-state index contributed by atoms with van der Waals surface area (Å²) in [6.45, 7) is 7.03. The number of amides is 1. The smallest absolute Gasteiger partial charge is 0.230 e. The van der Waals surface area contributed by atoms with Gasteiger partial charge in [-0.2, -0.15) is 4.98 Å². The Morgan fingerprint density at radius 1 is 1.33 bits per heavy atom. The van der Waals surface area contributed by atoms with Gasteiger partial charge in [-0.15, -0.1) is 11.8 Å². The molecule has 2 aromatic rings. The van der Waals surface area contributed by atoms with Crippen LogP contribution in [0.15, 0.2) is 34.9 Å². The number of aryl methyl sites for hydroxylation is 1. The van der Waals surface area contributed by atoms with Gasteiger partial charge < -0.3 is 9.84 Å². The molecule has 1 aliphatic carbocycles. The molecule has 0 spiro atoms. The molecule has 1 N–H and O–H groups in total. The number of hydrogen-bond donors (Lipinski definition) is 1. The van der Waals surface area contributed by atoms with Crippen molar-refractivity contribution in [3.8, 4) is 0 Å². The monoisotopic (exact) mass is 345 g/mol. The molecule has 1 saturated carbocycles. The average Bonchev–Trinajstić information content (AvgIpc) is 2.86. The molecule has 128 valence electrons.